The van der Waals surface area contributed by atoms with Crippen LogP contribution in [-0.2, 0) is 0 Å². The molecular weight excluding hydrogens is 216 g/mol. The molecule has 78 valence electrons. The van der Waals surface area contributed by atoms with Gasteiger partial charge in [-0.25, -0.2) is 0 Å². The van der Waals surface area contributed by atoms with Crippen molar-refractivity contribution in [2.75, 3.05) is 19.5 Å². The Bertz CT molecular complexity index is 331. The van der Waals surface area contributed by atoms with Crippen LogP contribution in [0.25, 0.3) is 0 Å². The van der Waals surface area contributed by atoms with Gasteiger partial charge in [0.15, 0.2) is 11.5 Å². The van der Waals surface area contributed by atoms with Crippen LogP contribution in [0.15, 0.2) is 9.59 Å². The molecule has 0 aliphatic carbocycles. The Morgan fingerprint density at radius 2 is 2.07 bits per heavy atom. The first-order valence-corrected chi connectivity index (χ1v) is 6.64. The van der Waals surface area contributed by atoms with Crippen LogP contribution in [0.3, 0.4) is 0 Å². The lowest BCUT2D eigenvalue weighted by molar-refractivity contribution is 0.139. The maximum Gasteiger partial charge on any atom is 0.185 e. The quantitative estimate of drug-likeness (QED) is 0.690. The van der Waals surface area contributed by atoms with E-state index in [1.165, 1.54) is 4.21 Å². The van der Waals surface area contributed by atoms with Gasteiger partial charge in [0.2, 0.25) is 0 Å². The van der Waals surface area contributed by atoms with Crippen molar-refractivity contribution < 1.29 is 9.47 Å². The Morgan fingerprint density at radius 1 is 1.36 bits per heavy atom. The van der Waals surface area contributed by atoms with Crippen LogP contribution in [-0.4, -0.2) is 19.5 Å². The molecule has 0 unspecified atom stereocenters. The third kappa shape index (κ3) is 1.86. The van der Waals surface area contributed by atoms with E-state index in [0.717, 1.165) is 24.7 Å². The molecule has 14 heavy (non-hydrogen) atoms. The number of fused-ring (bicyclic) bond motifs is 1. The molecule has 1 aliphatic rings. The molecule has 1 aromatic heterocycles. The zero-order valence-electron chi connectivity index (χ0n) is 8.62. The fourth-order valence-corrected chi connectivity index (χ4v) is 2.80. The van der Waals surface area contributed by atoms with Crippen molar-refractivity contribution in [1.82, 2.24) is 0 Å². The van der Waals surface area contributed by atoms with E-state index in [1.54, 1.807) is 23.1 Å². The van der Waals surface area contributed by atoms with Crippen LogP contribution in [0.2, 0.25) is 0 Å². The molecule has 4 heteroatoms. The topological polar surface area (TPSA) is 18.5 Å². The van der Waals surface area contributed by atoms with E-state index in [1.807, 2.05) is 5.38 Å². The first-order valence-electron chi connectivity index (χ1n) is 4.53. The van der Waals surface area contributed by atoms with Gasteiger partial charge in [0.25, 0.3) is 0 Å². The van der Waals surface area contributed by atoms with Crippen molar-refractivity contribution in [1.29, 1.82) is 0 Å². The Kier molecular flexibility index (Phi) is 2.66. The lowest BCUT2D eigenvalue weighted by atomic mass is 9.97. The van der Waals surface area contributed by atoms with Crippen LogP contribution in [0, 0.1) is 5.41 Å². The number of rotatable bonds is 1. The van der Waals surface area contributed by atoms with Gasteiger partial charge in [-0.3, -0.25) is 0 Å². The van der Waals surface area contributed by atoms with Gasteiger partial charge in [0.05, 0.1) is 13.2 Å². The Morgan fingerprint density at radius 3 is 2.79 bits per heavy atom. The number of ether oxygens (including phenoxy) is 2. The third-order valence-electron chi connectivity index (χ3n) is 2.09. The highest BCUT2D eigenvalue weighted by molar-refractivity contribution is 8.00. The summed E-state index contributed by atoms with van der Waals surface area (Å²) >= 11 is 3.40. The van der Waals surface area contributed by atoms with E-state index >= 15 is 0 Å². The first kappa shape index (κ1) is 10.2. The fourth-order valence-electron chi connectivity index (χ4n) is 1.27. The summed E-state index contributed by atoms with van der Waals surface area (Å²) in [5, 5.41) is 2.03. The van der Waals surface area contributed by atoms with Gasteiger partial charge >= 0.3 is 0 Å². The zero-order chi connectivity index (χ0) is 10.2. The van der Waals surface area contributed by atoms with Crippen molar-refractivity contribution in [2.45, 2.75) is 18.1 Å². The molecule has 1 aromatic rings. The standard InChI is InChI=1S/C10H14O2S2/c1-10(2)5-11-7-4-14-9(13-3)8(7)12-6-10/h4H,5-6H2,1-3H3. The van der Waals surface area contributed by atoms with Gasteiger partial charge in [0, 0.05) is 10.8 Å². The molecule has 1 aliphatic heterocycles. The van der Waals surface area contributed by atoms with Crippen molar-refractivity contribution in [2.24, 2.45) is 5.41 Å². The summed E-state index contributed by atoms with van der Waals surface area (Å²) in [4.78, 5) is 0. The van der Waals surface area contributed by atoms with Gasteiger partial charge in [0.1, 0.15) is 4.21 Å². The van der Waals surface area contributed by atoms with E-state index in [4.69, 9.17) is 9.47 Å². The predicted molar refractivity (Wildman–Crippen MR) is 60.9 cm³/mol. The number of hydrogen-bond donors (Lipinski definition) is 0. The molecule has 0 saturated carbocycles. The molecule has 0 bridgehead atoms. The summed E-state index contributed by atoms with van der Waals surface area (Å²) in [7, 11) is 0. The lowest BCUT2D eigenvalue weighted by Gasteiger charge is -2.20. The van der Waals surface area contributed by atoms with E-state index in [0.29, 0.717) is 0 Å². The second-order valence-corrected chi connectivity index (χ2v) is 6.12. The van der Waals surface area contributed by atoms with Crippen LogP contribution in [0.5, 0.6) is 11.5 Å². The molecule has 2 heterocycles. The normalized spacial score (nSPS) is 19.1. The summed E-state index contributed by atoms with van der Waals surface area (Å²) in [6.45, 7) is 5.76. The summed E-state index contributed by atoms with van der Waals surface area (Å²) in [5.74, 6) is 1.85. The van der Waals surface area contributed by atoms with Crippen LogP contribution >= 0.6 is 23.1 Å². The summed E-state index contributed by atoms with van der Waals surface area (Å²) in [6.07, 6.45) is 2.06. The monoisotopic (exact) mass is 230 g/mol. The van der Waals surface area contributed by atoms with Gasteiger partial charge in [-0.2, -0.15) is 0 Å². The van der Waals surface area contributed by atoms with Gasteiger partial charge in [-0.05, 0) is 6.26 Å². The largest absolute Gasteiger partial charge is 0.488 e. The summed E-state index contributed by atoms with van der Waals surface area (Å²) in [6, 6.07) is 0. The average molecular weight is 230 g/mol. The first-order chi connectivity index (χ1) is 6.62. The molecule has 0 fully saturated rings. The molecule has 0 atom stereocenters. The SMILES string of the molecule is CSc1scc2c1OCC(C)(C)CO2. The highest BCUT2D eigenvalue weighted by atomic mass is 32.2. The number of thiophene rings is 1. The molecule has 0 N–H and O–H groups in total. The average Bonchev–Trinajstić information content (AvgIpc) is 2.47. The molecule has 0 amide bonds. The Hall–Kier alpha value is -0.350. The summed E-state index contributed by atoms with van der Waals surface area (Å²) in [5.41, 5.74) is 0.104. The van der Waals surface area contributed by atoms with Crippen molar-refractivity contribution in [3.05, 3.63) is 5.38 Å². The molecule has 0 radical (unpaired) electrons. The van der Waals surface area contributed by atoms with E-state index < -0.39 is 0 Å². The molecule has 2 nitrogen and oxygen atoms in total. The second-order valence-electron chi connectivity index (χ2n) is 4.16. The minimum atomic E-state index is 0.104. The maximum atomic E-state index is 5.79. The third-order valence-corrected chi connectivity index (χ3v) is 4.17. The van der Waals surface area contributed by atoms with E-state index in [2.05, 4.69) is 20.1 Å². The Labute approximate surface area is 92.6 Å². The van der Waals surface area contributed by atoms with Gasteiger partial charge in [-0.15, -0.1) is 23.1 Å². The Balaban J connectivity index is 2.26. The molecule has 0 saturated heterocycles. The van der Waals surface area contributed by atoms with Crippen molar-refractivity contribution in [3.63, 3.8) is 0 Å². The van der Waals surface area contributed by atoms with E-state index in [-0.39, 0.29) is 5.41 Å². The minimum absolute atomic E-state index is 0.104. The van der Waals surface area contributed by atoms with Crippen LogP contribution < -0.4 is 9.47 Å². The van der Waals surface area contributed by atoms with Gasteiger partial charge in [-0.1, -0.05) is 13.8 Å². The minimum Gasteiger partial charge on any atom is -0.488 e. The molecule has 0 spiro atoms. The van der Waals surface area contributed by atoms with Crippen molar-refractivity contribution in [3.8, 4) is 11.5 Å². The number of thioether (sulfide) groups is 1. The lowest BCUT2D eigenvalue weighted by Crippen LogP contribution is -2.26. The highest BCUT2D eigenvalue weighted by Gasteiger charge is 2.27. The smallest absolute Gasteiger partial charge is 0.185 e. The fraction of sp³-hybridized carbons (Fsp3) is 0.600. The predicted octanol–water partition coefficient (Wildman–Crippen LogP) is 3.27. The molecule has 0 aromatic carbocycles. The summed E-state index contributed by atoms with van der Waals surface area (Å²) < 4.78 is 12.7. The molecule has 2 rings (SSSR count). The van der Waals surface area contributed by atoms with E-state index in [9.17, 15) is 0 Å². The van der Waals surface area contributed by atoms with Crippen molar-refractivity contribution >= 4 is 23.1 Å². The van der Waals surface area contributed by atoms with Gasteiger partial charge < -0.3 is 9.47 Å². The zero-order valence-corrected chi connectivity index (χ0v) is 10.3. The molecular formula is C10H14O2S2. The van der Waals surface area contributed by atoms with Crippen LogP contribution in [0.1, 0.15) is 13.8 Å². The highest BCUT2D eigenvalue weighted by Crippen LogP contribution is 2.45. The second kappa shape index (κ2) is 3.66. The maximum absolute atomic E-state index is 5.79. The van der Waals surface area contributed by atoms with Crippen LogP contribution in [0.4, 0.5) is 0 Å². The number of hydrogen-bond acceptors (Lipinski definition) is 4.